The molecular weight excluding hydrogens is 362 g/mol. The smallest absolute Gasteiger partial charge is 0.271 e. The molecule has 0 aliphatic rings. The molecule has 0 bridgehead atoms. The molecule has 8 nitrogen and oxygen atoms in total. The molecule has 28 heavy (non-hydrogen) atoms. The maximum absolute atomic E-state index is 12.4. The zero-order chi connectivity index (χ0) is 20.5. The predicted octanol–water partition coefficient (Wildman–Crippen LogP) is 2.03. The molecule has 0 spiro atoms. The number of rotatable bonds is 10. The minimum absolute atomic E-state index is 0.281. The van der Waals surface area contributed by atoms with Gasteiger partial charge < -0.3 is 19.5 Å². The number of nitrogens with one attached hydrogen (secondary N) is 1. The number of methoxy groups -OCH3 is 2. The van der Waals surface area contributed by atoms with Crippen LogP contribution < -0.4 is 20.3 Å². The second-order valence-corrected chi connectivity index (χ2v) is 6.09. The Hall–Kier alpha value is -2.87. The van der Waals surface area contributed by atoms with Gasteiger partial charge >= 0.3 is 0 Å². The van der Waals surface area contributed by atoms with Crippen molar-refractivity contribution in [1.29, 1.82) is 0 Å². The molecule has 1 aromatic heterocycles. The molecule has 0 aliphatic heterocycles. The number of hydrogen-bond acceptors (Lipinski definition) is 6. The second kappa shape index (κ2) is 10.5. The van der Waals surface area contributed by atoms with E-state index in [1.807, 2.05) is 19.1 Å². The molecule has 1 atom stereocenters. The van der Waals surface area contributed by atoms with Crippen LogP contribution in [-0.2, 0) is 9.53 Å². The van der Waals surface area contributed by atoms with E-state index < -0.39 is 11.6 Å². The molecule has 8 heteroatoms. The topological polar surface area (TPSA) is 91.7 Å². The maximum atomic E-state index is 12.4. The summed E-state index contributed by atoms with van der Waals surface area (Å²) in [6, 6.07) is 7.79. The van der Waals surface area contributed by atoms with Crippen LogP contribution in [0.15, 0.2) is 35.1 Å². The van der Waals surface area contributed by atoms with Gasteiger partial charge in [-0.25, -0.2) is 4.68 Å². The monoisotopic (exact) mass is 389 g/mol. The number of ether oxygens (including phenoxy) is 3. The number of nitrogens with zero attached hydrogens (tertiary/aromatic N) is 2. The lowest BCUT2D eigenvalue weighted by atomic mass is 10.1. The lowest BCUT2D eigenvalue weighted by Gasteiger charge is -2.17. The molecular formula is C20H27N3O5. The van der Waals surface area contributed by atoms with E-state index >= 15 is 0 Å². The summed E-state index contributed by atoms with van der Waals surface area (Å²) < 4.78 is 16.9. The molecule has 0 saturated carbocycles. The van der Waals surface area contributed by atoms with Gasteiger partial charge in [0, 0.05) is 31.4 Å². The Morgan fingerprint density at radius 3 is 2.54 bits per heavy atom. The van der Waals surface area contributed by atoms with Crippen LogP contribution in [0.4, 0.5) is 0 Å². The minimum Gasteiger partial charge on any atom is -0.497 e. The van der Waals surface area contributed by atoms with E-state index in [-0.39, 0.29) is 5.91 Å². The summed E-state index contributed by atoms with van der Waals surface area (Å²) in [7, 11) is 3.06. The SMILES string of the molecule is CCOCCCNC(=O)[C@H](C)n1nc(-c2ccc(OC)cc2)c(OC)cc1=O. The van der Waals surface area contributed by atoms with Gasteiger partial charge in [-0.05, 0) is 44.5 Å². The van der Waals surface area contributed by atoms with Crippen molar-refractivity contribution in [3.05, 3.63) is 40.7 Å². The van der Waals surface area contributed by atoms with Gasteiger partial charge in [-0.1, -0.05) is 0 Å². The van der Waals surface area contributed by atoms with Crippen molar-refractivity contribution in [2.24, 2.45) is 0 Å². The highest BCUT2D eigenvalue weighted by Gasteiger charge is 2.20. The van der Waals surface area contributed by atoms with Crippen LogP contribution in [0.3, 0.4) is 0 Å². The third-order valence-corrected chi connectivity index (χ3v) is 4.22. The molecule has 2 rings (SSSR count). The molecule has 0 saturated heterocycles. The van der Waals surface area contributed by atoms with Crippen LogP contribution in [0.25, 0.3) is 11.3 Å². The summed E-state index contributed by atoms with van der Waals surface area (Å²) in [6.07, 6.45) is 0.703. The molecule has 1 heterocycles. The number of carbonyl (C=O) groups excluding carboxylic acids is 1. The predicted molar refractivity (Wildman–Crippen MR) is 106 cm³/mol. The van der Waals surface area contributed by atoms with Crippen LogP contribution in [-0.4, -0.2) is 49.7 Å². The zero-order valence-corrected chi connectivity index (χ0v) is 16.7. The second-order valence-electron chi connectivity index (χ2n) is 6.09. The van der Waals surface area contributed by atoms with E-state index in [0.717, 1.165) is 5.56 Å². The summed E-state index contributed by atoms with van der Waals surface area (Å²) in [6.45, 7) is 5.25. The Morgan fingerprint density at radius 1 is 1.21 bits per heavy atom. The van der Waals surface area contributed by atoms with E-state index in [9.17, 15) is 9.59 Å². The molecule has 0 unspecified atom stereocenters. The van der Waals surface area contributed by atoms with Crippen molar-refractivity contribution in [3.63, 3.8) is 0 Å². The summed E-state index contributed by atoms with van der Waals surface area (Å²) in [5, 5.41) is 7.20. The van der Waals surface area contributed by atoms with Gasteiger partial charge in [0.1, 0.15) is 17.5 Å². The first kappa shape index (κ1) is 21.4. The van der Waals surface area contributed by atoms with Crippen LogP contribution >= 0.6 is 0 Å². The van der Waals surface area contributed by atoms with Gasteiger partial charge in [-0.3, -0.25) is 9.59 Å². The Labute approximate surface area is 164 Å². The van der Waals surface area contributed by atoms with Gasteiger partial charge in [-0.2, -0.15) is 5.10 Å². The minimum atomic E-state index is -0.762. The van der Waals surface area contributed by atoms with Gasteiger partial charge in [0.05, 0.1) is 14.2 Å². The van der Waals surface area contributed by atoms with Gasteiger partial charge in [0.15, 0.2) is 5.75 Å². The van der Waals surface area contributed by atoms with Crippen molar-refractivity contribution < 1.29 is 19.0 Å². The molecule has 1 N–H and O–H groups in total. The number of aromatic nitrogens is 2. The molecule has 0 aliphatic carbocycles. The number of hydrogen-bond donors (Lipinski definition) is 1. The van der Waals surface area contributed by atoms with E-state index in [2.05, 4.69) is 10.4 Å². The Morgan fingerprint density at radius 2 is 1.93 bits per heavy atom. The Bertz CT molecular complexity index is 833. The highest BCUT2D eigenvalue weighted by Crippen LogP contribution is 2.28. The van der Waals surface area contributed by atoms with Crippen molar-refractivity contribution in [2.75, 3.05) is 34.0 Å². The Kier molecular flexibility index (Phi) is 8.01. The highest BCUT2D eigenvalue weighted by atomic mass is 16.5. The summed E-state index contributed by atoms with van der Waals surface area (Å²) in [5.41, 5.74) is 0.808. The first-order valence-electron chi connectivity index (χ1n) is 9.19. The molecule has 152 valence electrons. The van der Waals surface area contributed by atoms with Gasteiger partial charge in [0.2, 0.25) is 5.91 Å². The first-order chi connectivity index (χ1) is 13.5. The van der Waals surface area contributed by atoms with Crippen LogP contribution in [0, 0.1) is 0 Å². The summed E-state index contributed by atoms with van der Waals surface area (Å²) in [5.74, 6) is 0.767. The average Bonchev–Trinajstić information content (AvgIpc) is 2.72. The molecule has 1 amide bonds. The summed E-state index contributed by atoms with van der Waals surface area (Å²) >= 11 is 0. The van der Waals surface area contributed by atoms with Crippen LogP contribution in [0.5, 0.6) is 11.5 Å². The maximum Gasteiger partial charge on any atom is 0.271 e. The quantitative estimate of drug-likeness (QED) is 0.625. The zero-order valence-electron chi connectivity index (χ0n) is 16.7. The standard InChI is InChI=1S/C20H27N3O5/c1-5-28-12-6-11-21-20(25)14(2)23-18(24)13-17(27-4)19(22-23)15-7-9-16(26-3)10-8-15/h7-10,13-14H,5-6,11-12H2,1-4H3,(H,21,25)/t14-/m0/s1. The summed E-state index contributed by atoms with van der Waals surface area (Å²) in [4.78, 5) is 24.9. The van der Waals surface area contributed by atoms with Crippen LogP contribution in [0.1, 0.15) is 26.3 Å². The van der Waals surface area contributed by atoms with Crippen molar-refractivity contribution in [3.8, 4) is 22.8 Å². The number of benzene rings is 1. The number of carbonyl (C=O) groups is 1. The fourth-order valence-corrected chi connectivity index (χ4v) is 2.62. The fraction of sp³-hybridized carbons (Fsp3) is 0.450. The number of amides is 1. The van der Waals surface area contributed by atoms with Gasteiger partial charge in [0.25, 0.3) is 5.56 Å². The largest absolute Gasteiger partial charge is 0.497 e. The first-order valence-corrected chi connectivity index (χ1v) is 9.19. The van der Waals surface area contributed by atoms with Crippen LogP contribution in [0.2, 0.25) is 0 Å². The van der Waals surface area contributed by atoms with Gasteiger partial charge in [-0.15, -0.1) is 0 Å². The van der Waals surface area contributed by atoms with Crippen molar-refractivity contribution in [1.82, 2.24) is 15.1 Å². The van der Waals surface area contributed by atoms with E-state index in [4.69, 9.17) is 14.2 Å². The van der Waals surface area contributed by atoms with E-state index in [0.29, 0.717) is 43.4 Å². The normalized spacial score (nSPS) is 11.7. The third-order valence-electron chi connectivity index (χ3n) is 4.22. The Balaban J connectivity index is 2.24. The molecule has 0 radical (unpaired) electrons. The average molecular weight is 389 g/mol. The fourth-order valence-electron chi connectivity index (χ4n) is 2.62. The molecule has 2 aromatic rings. The lowest BCUT2D eigenvalue weighted by Crippen LogP contribution is -2.37. The lowest BCUT2D eigenvalue weighted by molar-refractivity contribution is -0.124. The van der Waals surface area contributed by atoms with Crippen molar-refractivity contribution in [2.45, 2.75) is 26.3 Å². The van der Waals surface area contributed by atoms with Crippen molar-refractivity contribution >= 4 is 5.91 Å². The highest BCUT2D eigenvalue weighted by molar-refractivity contribution is 5.79. The van der Waals surface area contributed by atoms with E-state index in [1.54, 1.807) is 26.2 Å². The van der Waals surface area contributed by atoms with E-state index in [1.165, 1.54) is 17.9 Å². The molecule has 1 aromatic carbocycles. The third kappa shape index (κ3) is 5.32. The molecule has 0 fully saturated rings.